The Bertz CT molecular complexity index is 645. The summed E-state index contributed by atoms with van der Waals surface area (Å²) in [6.07, 6.45) is 5.11. The lowest BCUT2D eigenvalue weighted by Gasteiger charge is -2.30. The summed E-state index contributed by atoms with van der Waals surface area (Å²) in [4.78, 5) is 21.6. The lowest BCUT2D eigenvalue weighted by Crippen LogP contribution is -2.39. The van der Waals surface area contributed by atoms with Gasteiger partial charge in [0.05, 0.1) is 6.26 Å². The first-order valence-electron chi connectivity index (χ1n) is 7.25. The highest BCUT2D eigenvalue weighted by Crippen LogP contribution is 2.22. The van der Waals surface area contributed by atoms with Gasteiger partial charge in [0, 0.05) is 32.9 Å². The molecule has 1 saturated heterocycles. The van der Waals surface area contributed by atoms with Crippen LogP contribution in [0.5, 0.6) is 0 Å². The molecule has 1 amide bonds. The van der Waals surface area contributed by atoms with Gasteiger partial charge in [-0.25, -0.2) is 22.7 Å². The Labute approximate surface area is 131 Å². The summed E-state index contributed by atoms with van der Waals surface area (Å²) < 4.78 is 24.8. The van der Waals surface area contributed by atoms with Crippen molar-refractivity contribution in [3.05, 3.63) is 23.8 Å². The summed E-state index contributed by atoms with van der Waals surface area (Å²) in [6, 6.07) is 1.70. The molecule has 22 heavy (non-hydrogen) atoms. The number of hydrogen-bond donors (Lipinski definition) is 0. The summed E-state index contributed by atoms with van der Waals surface area (Å²) in [7, 11) is 0.208. The molecule has 2 heterocycles. The van der Waals surface area contributed by atoms with Crippen molar-refractivity contribution >= 4 is 15.9 Å². The van der Waals surface area contributed by atoms with E-state index in [-0.39, 0.29) is 11.8 Å². The number of carbonyl (C=O) groups excluding carboxylic acids is 1. The number of nitrogens with zero attached hydrogens (tertiary/aromatic N) is 4. The zero-order valence-electron chi connectivity index (χ0n) is 13.2. The number of hydrogen-bond acceptors (Lipinski definition) is 5. The Morgan fingerprint density at radius 2 is 2.14 bits per heavy atom. The molecule has 0 saturated carbocycles. The molecule has 1 unspecified atom stereocenters. The Morgan fingerprint density at radius 1 is 1.41 bits per heavy atom. The molecular weight excluding hydrogens is 304 g/mol. The van der Waals surface area contributed by atoms with Crippen molar-refractivity contribution in [2.75, 3.05) is 33.4 Å². The molecule has 0 N–H and O–H groups in total. The molecule has 0 spiro atoms. The minimum absolute atomic E-state index is 0.162. The topological polar surface area (TPSA) is 83.5 Å². The fraction of sp³-hybridized carbons (Fsp3) is 0.643. The van der Waals surface area contributed by atoms with Gasteiger partial charge < -0.3 is 4.90 Å². The van der Waals surface area contributed by atoms with Gasteiger partial charge in [0.2, 0.25) is 10.0 Å². The normalized spacial score (nSPS) is 19.9. The summed E-state index contributed by atoms with van der Waals surface area (Å²) in [6.45, 7) is 1.10. The van der Waals surface area contributed by atoms with E-state index in [0.29, 0.717) is 25.2 Å². The van der Waals surface area contributed by atoms with Crippen LogP contribution in [0.4, 0.5) is 0 Å². The van der Waals surface area contributed by atoms with Crippen LogP contribution in [0, 0.1) is 5.92 Å². The maximum Gasteiger partial charge on any atom is 0.272 e. The highest BCUT2D eigenvalue weighted by molar-refractivity contribution is 7.88. The molecule has 1 aromatic heterocycles. The van der Waals surface area contributed by atoms with Crippen LogP contribution in [0.15, 0.2) is 12.4 Å². The van der Waals surface area contributed by atoms with Gasteiger partial charge in [-0.3, -0.25) is 4.79 Å². The van der Waals surface area contributed by atoms with Crippen LogP contribution >= 0.6 is 0 Å². The molecule has 1 aromatic rings. The Morgan fingerprint density at radius 3 is 2.77 bits per heavy atom. The monoisotopic (exact) mass is 326 g/mol. The molecule has 0 aliphatic carbocycles. The quantitative estimate of drug-likeness (QED) is 0.799. The molecule has 1 fully saturated rings. The SMILES string of the molecule is CN(C)C(=O)c1cc(CC2CCCN(S(C)(=O)=O)C2)ncn1. The molecule has 0 bridgehead atoms. The maximum absolute atomic E-state index is 11.9. The largest absolute Gasteiger partial charge is 0.343 e. The Balaban J connectivity index is 2.07. The molecule has 1 aliphatic rings. The second-order valence-electron chi connectivity index (χ2n) is 5.93. The van der Waals surface area contributed by atoms with Gasteiger partial charge in [-0.2, -0.15) is 0 Å². The maximum atomic E-state index is 11.9. The van der Waals surface area contributed by atoms with E-state index in [1.54, 1.807) is 20.2 Å². The van der Waals surface area contributed by atoms with Crippen LogP contribution in [0.3, 0.4) is 0 Å². The predicted molar refractivity (Wildman–Crippen MR) is 82.9 cm³/mol. The smallest absolute Gasteiger partial charge is 0.272 e. The first-order valence-corrected chi connectivity index (χ1v) is 9.10. The van der Waals surface area contributed by atoms with E-state index in [4.69, 9.17) is 0 Å². The molecule has 0 aromatic carbocycles. The van der Waals surface area contributed by atoms with Gasteiger partial charge in [0.15, 0.2) is 0 Å². The molecule has 8 heteroatoms. The number of piperidine rings is 1. The molecule has 122 valence electrons. The van der Waals surface area contributed by atoms with Gasteiger partial charge in [-0.1, -0.05) is 0 Å². The number of rotatable bonds is 4. The van der Waals surface area contributed by atoms with Crippen molar-refractivity contribution in [2.24, 2.45) is 5.92 Å². The van der Waals surface area contributed by atoms with Crippen molar-refractivity contribution in [3.8, 4) is 0 Å². The predicted octanol–water partition coefficient (Wildman–Crippen LogP) is 0.393. The first-order chi connectivity index (χ1) is 10.3. The number of amides is 1. The fourth-order valence-electron chi connectivity index (χ4n) is 2.65. The van der Waals surface area contributed by atoms with Crippen molar-refractivity contribution < 1.29 is 13.2 Å². The Kier molecular flexibility index (Phi) is 5.12. The molecule has 2 rings (SSSR count). The third-order valence-electron chi connectivity index (χ3n) is 3.80. The van der Waals surface area contributed by atoms with E-state index in [1.165, 1.54) is 21.8 Å². The lowest BCUT2D eigenvalue weighted by atomic mass is 9.94. The second-order valence-corrected chi connectivity index (χ2v) is 7.91. The molecule has 0 radical (unpaired) electrons. The van der Waals surface area contributed by atoms with Crippen molar-refractivity contribution in [2.45, 2.75) is 19.3 Å². The van der Waals surface area contributed by atoms with E-state index in [9.17, 15) is 13.2 Å². The zero-order chi connectivity index (χ0) is 16.3. The molecule has 7 nitrogen and oxygen atoms in total. The van der Waals surface area contributed by atoms with Gasteiger partial charge in [0.1, 0.15) is 12.0 Å². The highest BCUT2D eigenvalue weighted by Gasteiger charge is 2.26. The second kappa shape index (κ2) is 6.70. The number of carbonyl (C=O) groups is 1. The third-order valence-corrected chi connectivity index (χ3v) is 5.07. The van der Waals surface area contributed by atoms with Crippen LogP contribution in [-0.4, -0.2) is 66.9 Å². The molecule has 1 aliphatic heterocycles. The van der Waals surface area contributed by atoms with Crippen molar-refractivity contribution in [1.29, 1.82) is 0 Å². The fourth-order valence-corrected chi connectivity index (χ4v) is 3.59. The minimum Gasteiger partial charge on any atom is -0.343 e. The summed E-state index contributed by atoms with van der Waals surface area (Å²) in [5, 5.41) is 0. The van der Waals surface area contributed by atoms with E-state index in [0.717, 1.165) is 18.5 Å². The van der Waals surface area contributed by atoms with Crippen LogP contribution in [0.1, 0.15) is 29.0 Å². The van der Waals surface area contributed by atoms with E-state index < -0.39 is 10.0 Å². The molecule has 1 atom stereocenters. The average molecular weight is 326 g/mol. The van der Waals surface area contributed by atoms with Gasteiger partial charge in [0.25, 0.3) is 5.91 Å². The van der Waals surface area contributed by atoms with Gasteiger partial charge in [-0.15, -0.1) is 0 Å². The van der Waals surface area contributed by atoms with E-state index in [2.05, 4.69) is 9.97 Å². The van der Waals surface area contributed by atoms with Crippen molar-refractivity contribution in [3.63, 3.8) is 0 Å². The van der Waals surface area contributed by atoms with Gasteiger partial charge in [-0.05, 0) is 31.2 Å². The van der Waals surface area contributed by atoms with Crippen LogP contribution in [-0.2, 0) is 16.4 Å². The number of aromatic nitrogens is 2. The molecular formula is C14H22N4O3S. The highest BCUT2D eigenvalue weighted by atomic mass is 32.2. The van der Waals surface area contributed by atoms with Crippen molar-refractivity contribution in [1.82, 2.24) is 19.2 Å². The average Bonchev–Trinajstić information content (AvgIpc) is 2.46. The van der Waals surface area contributed by atoms with Gasteiger partial charge >= 0.3 is 0 Å². The number of sulfonamides is 1. The zero-order valence-corrected chi connectivity index (χ0v) is 14.0. The van der Waals surface area contributed by atoms with Crippen LogP contribution < -0.4 is 0 Å². The lowest BCUT2D eigenvalue weighted by molar-refractivity contribution is 0.0821. The summed E-state index contributed by atoms with van der Waals surface area (Å²) >= 11 is 0. The summed E-state index contributed by atoms with van der Waals surface area (Å²) in [5.41, 5.74) is 1.14. The van der Waals surface area contributed by atoms with E-state index >= 15 is 0 Å². The van der Waals surface area contributed by atoms with E-state index in [1.807, 2.05) is 0 Å². The van der Waals surface area contributed by atoms with Crippen LogP contribution in [0.2, 0.25) is 0 Å². The first kappa shape index (κ1) is 16.8. The third kappa shape index (κ3) is 4.23. The summed E-state index contributed by atoms with van der Waals surface area (Å²) in [5.74, 6) is 0.0609. The minimum atomic E-state index is -3.14. The standard InChI is InChI=1S/C14H22N4O3S/c1-17(2)14(19)13-8-12(15-10-16-13)7-11-5-4-6-18(9-11)22(3,20)21/h8,10-11H,4-7,9H2,1-3H3. The Hall–Kier alpha value is -1.54. The van der Waals surface area contributed by atoms with Crippen LogP contribution in [0.25, 0.3) is 0 Å².